The number of carbonyl (C=O) groups is 1. The van der Waals surface area contributed by atoms with Crippen molar-refractivity contribution in [1.82, 2.24) is 5.32 Å². The molecule has 1 aromatic rings. The van der Waals surface area contributed by atoms with Gasteiger partial charge in [0.2, 0.25) is 0 Å². The molecule has 0 bridgehead atoms. The Bertz CT molecular complexity index is 575. The van der Waals surface area contributed by atoms with E-state index in [1.807, 2.05) is 19.1 Å². The van der Waals surface area contributed by atoms with Crippen molar-refractivity contribution in [3.63, 3.8) is 0 Å². The van der Waals surface area contributed by atoms with E-state index in [4.69, 9.17) is 5.11 Å². The molecule has 1 aliphatic rings. The van der Waals surface area contributed by atoms with Gasteiger partial charge in [0.25, 0.3) is 5.91 Å². The zero-order valence-corrected chi connectivity index (χ0v) is 12.8. The minimum absolute atomic E-state index is 0.0427. The van der Waals surface area contributed by atoms with E-state index in [0.29, 0.717) is 5.56 Å². The minimum Gasteiger partial charge on any atom is -0.384 e. The maximum atomic E-state index is 12.3. The van der Waals surface area contributed by atoms with Gasteiger partial charge in [0.05, 0.1) is 0 Å². The SMILES string of the molecule is Cc1cc(C#CCO)cc(C(=O)NCC2(C)CCCC2)c1. The van der Waals surface area contributed by atoms with E-state index < -0.39 is 0 Å². The summed E-state index contributed by atoms with van der Waals surface area (Å²) in [6.45, 7) is 4.75. The zero-order chi connectivity index (χ0) is 15.3. The number of aliphatic hydroxyl groups excluding tert-OH is 1. The molecular weight excluding hydrogens is 262 g/mol. The standard InChI is InChI=1S/C18H23NO2/c1-14-10-15(6-5-9-20)12-16(11-14)17(21)19-13-18(2)7-3-4-8-18/h10-12,20H,3-4,7-9,13H2,1-2H3,(H,19,21). The molecule has 112 valence electrons. The molecule has 0 unspecified atom stereocenters. The maximum absolute atomic E-state index is 12.3. The largest absolute Gasteiger partial charge is 0.384 e. The Balaban J connectivity index is 2.06. The molecule has 1 amide bonds. The summed E-state index contributed by atoms with van der Waals surface area (Å²) in [5.74, 6) is 5.43. The predicted molar refractivity (Wildman–Crippen MR) is 84.1 cm³/mol. The minimum atomic E-state index is -0.173. The van der Waals surface area contributed by atoms with E-state index in [-0.39, 0.29) is 17.9 Å². The number of rotatable bonds is 3. The number of aryl methyl sites for hydroxylation is 1. The van der Waals surface area contributed by atoms with Gasteiger partial charge in [-0.25, -0.2) is 0 Å². The maximum Gasteiger partial charge on any atom is 0.251 e. The van der Waals surface area contributed by atoms with Gasteiger partial charge in [-0.15, -0.1) is 0 Å². The van der Waals surface area contributed by atoms with Crippen molar-refractivity contribution in [1.29, 1.82) is 0 Å². The molecule has 3 nitrogen and oxygen atoms in total. The Kier molecular flexibility index (Phi) is 5.03. The van der Waals surface area contributed by atoms with E-state index in [1.165, 1.54) is 25.7 Å². The first-order valence-corrected chi connectivity index (χ1v) is 7.52. The first-order valence-electron chi connectivity index (χ1n) is 7.52. The van der Waals surface area contributed by atoms with Crippen LogP contribution in [0, 0.1) is 24.2 Å². The fourth-order valence-corrected chi connectivity index (χ4v) is 2.93. The average Bonchev–Trinajstić information content (AvgIpc) is 2.89. The van der Waals surface area contributed by atoms with Crippen molar-refractivity contribution in [2.45, 2.75) is 39.5 Å². The van der Waals surface area contributed by atoms with Crippen LogP contribution in [0.3, 0.4) is 0 Å². The van der Waals surface area contributed by atoms with E-state index in [9.17, 15) is 4.79 Å². The molecule has 3 heteroatoms. The number of benzene rings is 1. The second kappa shape index (κ2) is 6.78. The van der Waals surface area contributed by atoms with Gasteiger partial charge in [-0.2, -0.15) is 0 Å². The first-order chi connectivity index (χ1) is 10.0. The molecule has 2 N–H and O–H groups in total. The lowest BCUT2D eigenvalue weighted by atomic mass is 9.89. The van der Waals surface area contributed by atoms with Crippen molar-refractivity contribution >= 4 is 5.91 Å². The lowest BCUT2D eigenvalue weighted by molar-refractivity contribution is 0.0934. The van der Waals surface area contributed by atoms with Gasteiger partial charge in [0.15, 0.2) is 0 Å². The molecule has 2 rings (SSSR count). The number of carbonyl (C=O) groups excluding carboxylic acids is 1. The van der Waals surface area contributed by atoms with Crippen molar-refractivity contribution in [2.24, 2.45) is 5.41 Å². The molecule has 0 heterocycles. The molecule has 1 aromatic carbocycles. The lowest BCUT2D eigenvalue weighted by Gasteiger charge is -2.23. The van der Waals surface area contributed by atoms with Crippen LogP contribution in [0.2, 0.25) is 0 Å². The summed E-state index contributed by atoms with van der Waals surface area (Å²) in [5, 5.41) is 11.8. The number of hydrogen-bond acceptors (Lipinski definition) is 2. The summed E-state index contributed by atoms with van der Waals surface area (Å²) in [6, 6.07) is 5.57. The Morgan fingerprint density at radius 1 is 1.33 bits per heavy atom. The Labute approximate surface area is 126 Å². The molecule has 1 aliphatic carbocycles. The van der Waals surface area contributed by atoms with Crippen LogP contribution in [0.1, 0.15) is 54.1 Å². The Morgan fingerprint density at radius 2 is 2.05 bits per heavy atom. The highest BCUT2D eigenvalue weighted by Crippen LogP contribution is 2.36. The molecule has 0 aromatic heterocycles. The van der Waals surface area contributed by atoms with Gasteiger partial charge in [0, 0.05) is 17.7 Å². The molecule has 0 spiro atoms. The van der Waals surface area contributed by atoms with E-state index in [0.717, 1.165) is 17.7 Å². The third-order valence-corrected chi connectivity index (χ3v) is 4.14. The summed E-state index contributed by atoms with van der Waals surface area (Å²) < 4.78 is 0. The van der Waals surface area contributed by atoms with Crippen LogP contribution in [0.4, 0.5) is 0 Å². The Hall–Kier alpha value is -1.79. The molecule has 0 aliphatic heterocycles. The number of hydrogen-bond donors (Lipinski definition) is 2. The predicted octanol–water partition coefficient (Wildman–Crippen LogP) is 2.65. The van der Waals surface area contributed by atoms with Crippen LogP contribution in [0.25, 0.3) is 0 Å². The second-order valence-corrected chi connectivity index (χ2v) is 6.25. The van der Waals surface area contributed by atoms with Crippen LogP contribution in [0.5, 0.6) is 0 Å². The van der Waals surface area contributed by atoms with E-state index in [2.05, 4.69) is 24.1 Å². The molecule has 1 saturated carbocycles. The summed E-state index contributed by atoms with van der Waals surface area (Å²) in [7, 11) is 0. The number of nitrogens with one attached hydrogen (secondary N) is 1. The first kappa shape index (κ1) is 15.6. The van der Waals surface area contributed by atoms with Crippen LogP contribution in [-0.4, -0.2) is 24.2 Å². The van der Waals surface area contributed by atoms with E-state index in [1.54, 1.807) is 6.07 Å². The molecule has 1 fully saturated rings. The van der Waals surface area contributed by atoms with Gasteiger partial charge in [0.1, 0.15) is 6.61 Å². The van der Waals surface area contributed by atoms with Crippen molar-refractivity contribution in [2.75, 3.05) is 13.2 Å². The van der Waals surface area contributed by atoms with Gasteiger partial charge < -0.3 is 10.4 Å². The Morgan fingerprint density at radius 3 is 2.71 bits per heavy atom. The third-order valence-electron chi connectivity index (χ3n) is 4.14. The van der Waals surface area contributed by atoms with Crippen LogP contribution in [0.15, 0.2) is 18.2 Å². The summed E-state index contributed by atoms with van der Waals surface area (Å²) >= 11 is 0. The summed E-state index contributed by atoms with van der Waals surface area (Å²) in [6.07, 6.45) is 4.90. The molecule has 0 radical (unpaired) electrons. The normalized spacial score (nSPS) is 16.1. The number of aliphatic hydroxyl groups is 1. The quantitative estimate of drug-likeness (QED) is 0.839. The van der Waals surface area contributed by atoms with Crippen molar-refractivity contribution in [3.05, 3.63) is 34.9 Å². The highest BCUT2D eigenvalue weighted by Gasteiger charge is 2.28. The third kappa shape index (κ3) is 4.34. The summed E-state index contributed by atoms with van der Waals surface area (Å²) in [4.78, 5) is 12.3. The smallest absolute Gasteiger partial charge is 0.251 e. The van der Waals surface area contributed by atoms with Crippen LogP contribution in [-0.2, 0) is 0 Å². The summed E-state index contributed by atoms with van der Waals surface area (Å²) in [5.41, 5.74) is 2.65. The van der Waals surface area contributed by atoms with Crippen LogP contribution < -0.4 is 5.32 Å². The average molecular weight is 285 g/mol. The molecular formula is C18H23NO2. The lowest BCUT2D eigenvalue weighted by Crippen LogP contribution is -2.34. The molecule has 0 saturated heterocycles. The highest BCUT2D eigenvalue weighted by atomic mass is 16.2. The fourth-order valence-electron chi connectivity index (χ4n) is 2.93. The van der Waals surface area contributed by atoms with Crippen LogP contribution >= 0.6 is 0 Å². The van der Waals surface area contributed by atoms with Gasteiger partial charge in [-0.1, -0.05) is 31.6 Å². The second-order valence-electron chi connectivity index (χ2n) is 6.25. The highest BCUT2D eigenvalue weighted by molar-refractivity contribution is 5.94. The number of amides is 1. The van der Waals surface area contributed by atoms with E-state index >= 15 is 0 Å². The van der Waals surface area contributed by atoms with Gasteiger partial charge >= 0.3 is 0 Å². The topological polar surface area (TPSA) is 49.3 Å². The fraction of sp³-hybridized carbons (Fsp3) is 0.500. The van der Waals surface area contributed by atoms with Gasteiger partial charge in [-0.3, -0.25) is 4.79 Å². The van der Waals surface area contributed by atoms with Gasteiger partial charge in [-0.05, 0) is 48.9 Å². The zero-order valence-electron chi connectivity index (χ0n) is 12.8. The molecule has 21 heavy (non-hydrogen) atoms. The monoisotopic (exact) mass is 285 g/mol. The van der Waals surface area contributed by atoms with Crippen molar-refractivity contribution in [3.8, 4) is 11.8 Å². The van der Waals surface area contributed by atoms with Crippen molar-refractivity contribution < 1.29 is 9.90 Å². The molecule has 0 atom stereocenters.